The molecule has 1 aromatic heterocycles. The van der Waals surface area contributed by atoms with Crippen molar-refractivity contribution in [3.63, 3.8) is 0 Å². The van der Waals surface area contributed by atoms with Crippen LogP contribution in [0.5, 0.6) is 0 Å². The highest BCUT2D eigenvalue weighted by molar-refractivity contribution is 9.10. The molecule has 0 aliphatic carbocycles. The summed E-state index contributed by atoms with van der Waals surface area (Å²) in [5, 5.41) is 6.85. The second-order valence-corrected chi connectivity index (χ2v) is 3.04. The molecule has 0 saturated carbocycles. The molecule has 0 saturated heterocycles. The van der Waals surface area contributed by atoms with Crippen LogP contribution in [-0.4, -0.2) is 11.2 Å². The lowest BCUT2D eigenvalue weighted by molar-refractivity contribution is 1.03. The predicted octanol–water partition coefficient (Wildman–Crippen LogP) is 2.43. The molecule has 0 bridgehead atoms. The van der Waals surface area contributed by atoms with E-state index in [-0.39, 0.29) is 0 Å². The molecule has 0 atom stereocenters. The summed E-state index contributed by atoms with van der Waals surface area (Å²) in [7, 11) is 0. The highest BCUT2D eigenvalue weighted by Gasteiger charge is 1.92. The molecular weight excluding hydrogens is 204 g/mol. The van der Waals surface area contributed by atoms with Gasteiger partial charge < -0.3 is 5.41 Å². The van der Waals surface area contributed by atoms with Crippen LogP contribution in [0.15, 0.2) is 22.9 Å². The minimum absolute atomic E-state index is 0.802. The fourth-order valence-corrected chi connectivity index (χ4v) is 1.25. The Hall–Kier alpha value is -0.700. The van der Waals surface area contributed by atoms with Crippen molar-refractivity contribution in [1.82, 2.24) is 4.98 Å². The van der Waals surface area contributed by atoms with Crippen LogP contribution in [-0.2, 0) is 6.42 Å². The monoisotopic (exact) mass is 212 g/mol. The molecule has 0 aromatic carbocycles. The van der Waals surface area contributed by atoms with Crippen molar-refractivity contribution in [1.29, 1.82) is 5.41 Å². The van der Waals surface area contributed by atoms with E-state index in [0.717, 1.165) is 17.4 Å². The zero-order chi connectivity index (χ0) is 8.10. The maximum atomic E-state index is 6.85. The first-order chi connectivity index (χ1) is 5.33. The average molecular weight is 213 g/mol. The Bertz CT molecular complexity index is 248. The highest BCUT2D eigenvalue weighted by Crippen LogP contribution is 2.08. The van der Waals surface area contributed by atoms with Crippen LogP contribution in [0.3, 0.4) is 0 Å². The van der Waals surface area contributed by atoms with Gasteiger partial charge in [0.15, 0.2) is 0 Å². The van der Waals surface area contributed by atoms with E-state index in [4.69, 9.17) is 5.41 Å². The van der Waals surface area contributed by atoms with E-state index in [1.165, 1.54) is 11.8 Å². The van der Waals surface area contributed by atoms with Crippen LogP contribution in [0.4, 0.5) is 0 Å². The van der Waals surface area contributed by atoms with E-state index >= 15 is 0 Å². The minimum atomic E-state index is 0.802. The van der Waals surface area contributed by atoms with E-state index in [9.17, 15) is 0 Å². The van der Waals surface area contributed by atoms with Crippen LogP contribution in [0.25, 0.3) is 0 Å². The summed E-state index contributed by atoms with van der Waals surface area (Å²) < 4.78 is 0.861. The zero-order valence-corrected chi connectivity index (χ0v) is 7.63. The first-order valence-corrected chi connectivity index (χ1v) is 4.21. The second-order valence-electron chi connectivity index (χ2n) is 2.23. The van der Waals surface area contributed by atoms with Crippen LogP contribution in [0.2, 0.25) is 0 Å². The van der Waals surface area contributed by atoms with Crippen LogP contribution in [0, 0.1) is 5.41 Å². The standard InChI is InChI=1S/C8H9BrN2/c9-8-6-7(2-1-4-10)3-5-11-8/h3-6,10H,1-2H2. The van der Waals surface area contributed by atoms with E-state index in [1.807, 2.05) is 12.1 Å². The fraction of sp³-hybridized carbons (Fsp3) is 0.250. The number of aryl methyl sites for hydroxylation is 1. The molecule has 0 aliphatic rings. The average Bonchev–Trinajstić information content (AvgIpc) is 2.01. The van der Waals surface area contributed by atoms with Gasteiger partial charge in [-0.1, -0.05) is 0 Å². The van der Waals surface area contributed by atoms with Crippen LogP contribution < -0.4 is 0 Å². The molecule has 3 heteroatoms. The van der Waals surface area contributed by atoms with E-state index in [1.54, 1.807) is 6.20 Å². The number of pyridine rings is 1. The maximum Gasteiger partial charge on any atom is 0.106 e. The van der Waals surface area contributed by atoms with Gasteiger partial charge >= 0.3 is 0 Å². The van der Waals surface area contributed by atoms with Gasteiger partial charge in [0.1, 0.15) is 4.60 Å². The SMILES string of the molecule is N=CCCc1ccnc(Br)c1. The zero-order valence-electron chi connectivity index (χ0n) is 6.05. The normalized spacial score (nSPS) is 9.55. The number of halogens is 1. The van der Waals surface area contributed by atoms with Gasteiger partial charge in [-0.15, -0.1) is 0 Å². The Kier molecular flexibility index (Phi) is 3.23. The summed E-state index contributed by atoms with van der Waals surface area (Å²) in [6.45, 7) is 0. The third-order valence-corrected chi connectivity index (χ3v) is 1.80. The van der Waals surface area contributed by atoms with Crippen LogP contribution in [0.1, 0.15) is 12.0 Å². The van der Waals surface area contributed by atoms with E-state index in [0.29, 0.717) is 0 Å². The molecule has 1 rings (SSSR count). The molecule has 0 spiro atoms. The highest BCUT2D eigenvalue weighted by atomic mass is 79.9. The summed E-state index contributed by atoms with van der Waals surface area (Å²) in [5.41, 5.74) is 1.22. The molecule has 0 amide bonds. The van der Waals surface area contributed by atoms with Gasteiger partial charge in [-0.2, -0.15) is 0 Å². The van der Waals surface area contributed by atoms with Gasteiger partial charge in [0.05, 0.1) is 0 Å². The third-order valence-electron chi connectivity index (χ3n) is 1.37. The summed E-state index contributed by atoms with van der Waals surface area (Å²) >= 11 is 3.29. The number of aromatic nitrogens is 1. The molecule has 1 N–H and O–H groups in total. The van der Waals surface area contributed by atoms with Gasteiger partial charge in [0, 0.05) is 6.20 Å². The molecule has 0 fully saturated rings. The Morgan fingerprint density at radius 1 is 1.64 bits per heavy atom. The van der Waals surface area contributed by atoms with E-state index in [2.05, 4.69) is 20.9 Å². The van der Waals surface area contributed by atoms with Crippen molar-refractivity contribution >= 4 is 22.1 Å². The smallest absolute Gasteiger partial charge is 0.106 e. The van der Waals surface area contributed by atoms with Crippen molar-refractivity contribution in [2.24, 2.45) is 0 Å². The number of hydrogen-bond donors (Lipinski definition) is 1. The van der Waals surface area contributed by atoms with Gasteiger partial charge in [0.25, 0.3) is 0 Å². The lowest BCUT2D eigenvalue weighted by Crippen LogP contribution is -1.86. The minimum Gasteiger partial charge on any atom is -0.313 e. The van der Waals surface area contributed by atoms with Crippen LogP contribution >= 0.6 is 15.9 Å². The molecule has 1 aromatic rings. The number of nitrogens with one attached hydrogen (secondary N) is 1. The first-order valence-electron chi connectivity index (χ1n) is 3.42. The molecule has 1 heterocycles. The lowest BCUT2D eigenvalue weighted by atomic mass is 10.2. The fourth-order valence-electron chi connectivity index (χ4n) is 0.837. The third kappa shape index (κ3) is 2.80. The molecule has 0 unspecified atom stereocenters. The Balaban J connectivity index is 2.63. The molecule has 0 radical (unpaired) electrons. The second kappa shape index (κ2) is 4.23. The molecular formula is C8H9BrN2. The Morgan fingerprint density at radius 2 is 2.45 bits per heavy atom. The molecule has 11 heavy (non-hydrogen) atoms. The summed E-state index contributed by atoms with van der Waals surface area (Å²) in [5.74, 6) is 0. The topological polar surface area (TPSA) is 36.7 Å². The molecule has 2 nitrogen and oxygen atoms in total. The number of nitrogens with zero attached hydrogens (tertiary/aromatic N) is 1. The Morgan fingerprint density at radius 3 is 3.09 bits per heavy atom. The van der Waals surface area contributed by atoms with Gasteiger partial charge in [-0.3, -0.25) is 0 Å². The van der Waals surface area contributed by atoms with Crippen molar-refractivity contribution < 1.29 is 0 Å². The van der Waals surface area contributed by atoms with Crippen molar-refractivity contribution in [3.05, 3.63) is 28.5 Å². The predicted molar refractivity (Wildman–Crippen MR) is 49.0 cm³/mol. The largest absolute Gasteiger partial charge is 0.313 e. The Labute approximate surface area is 74.3 Å². The lowest BCUT2D eigenvalue weighted by Gasteiger charge is -1.96. The molecule has 0 aliphatic heterocycles. The summed E-state index contributed by atoms with van der Waals surface area (Å²) in [6, 6.07) is 3.94. The van der Waals surface area contributed by atoms with Crippen molar-refractivity contribution in [2.75, 3.05) is 0 Å². The number of hydrogen-bond acceptors (Lipinski definition) is 2. The van der Waals surface area contributed by atoms with Crippen molar-refractivity contribution in [2.45, 2.75) is 12.8 Å². The summed E-state index contributed by atoms with van der Waals surface area (Å²) in [4.78, 5) is 4.01. The number of rotatable bonds is 3. The van der Waals surface area contributed by atoms with Gasteiger partial charge in [0.2, 0.25) is 0 Å². The first kappa shape index (κ1) is 8.40. The maximum absolute atomic E-state index is 6.85. The van der Waals surface area contributed by atoms with Gasteiger partial charge in [-0.05, 0) is 52.7 Å². The van der Waals surface area contributed by atoms with Crippen molar-refractivity contribution in [3.8, 4) is 0 Å². The van der Waals surface area contributed by atoms with Gasteiger partial charge in [-0.25, -0.2) is 4.98 Å². The quantitative estimate of drug-likeness (QED) is 0.607. The molecule has 58 valence electrons. The summed E-state index contributed by atoms with van der Waals surface area (Å²) in [6.07, 6.45) is 4.92. The van der Waals surface area contributed by atoms with E-state index < -0.39 is 0 Å².